The van der Waals surface area contributed by atoms with Crippen LogP contribution in [0.1, 0.15) is 37.8 Å². The molecule has 8 nitrogen and oxygen atoms in total. The first kappa shape index (κ1) is 20.9. The Morgan fingerprint density at radius 2 is 1.90 bits per heavy atom. The standard InChI is InChI=1S/C22H22N4O4S/c1-13(2)31(28,29)18-10-6-15(7-11-18)19-12-23-14(3)20(24-19)22-26-25-21(30-22)16-4-8-17(27)9-5-16/h4,6-13,16,27H,5H2,1-3H3. The van der Waals surface area contributed by atoms with Gasteiger partial charge in [-0.25, -0.2) is 13.4 Å². The Balaban J connectivity index is 1.63. The summed E-state index contributed by atoms with van der Waals surface area (Å²) in [5, 5.41) is 17.2. The van der Waals surface area contributed by atoms with Crippen molar-refractivity contribution >= 4 is 9.84 Å². The molecule has 1 atom stereocenters. The van der Waals surface area contributed by atoms with Crippen molar-refractivity contribution in [2.24, 2.45) is 0 Å². The highest BCUT2D eigenvalue weighted by Crippen LogP contribution is 2.29. The molecule has 0 radical (unpaired) electrons. The highest BCUT2D eigenvalue weighted by atomic mass is 32.2. The van der Waals surface area contributed by atoms with Gasteiger partial charge in [-0.05, 0) is 51.5 Å². The molecule has 1 aliphatic rings. The summed E-state index contributed by atoms with van der Waals surface area (Å²) in [5.74, 6) is 0.805. The third-order valence-corrected chi connectivity index (χ3v) is 7.27. The second kappa shape index (κ2) is 8.07. The number of aromatic nitrogens is 4. The smallest absolute Gasteiger partial charge is 0.268 e. The van der Waals surface area contributed by atoms with Gasteiger partial charge in [0.2, 0.25) is 5.89 Å². The minimum Gasteiger partial charge on any atom is -0.508 e. The van der Waals surface area contributed by atoms with Gasteiger partial charge >= 0.3 is 0 Å². The second-order valence-corrected chi connectivity index (χ2v) is 10.1. The van der Waals surface area contributed by atoms with Crippen molar-refractivity contribution in [3.63, 3.8) is 0 Å². The summed E-state index contributed by atoms with van der Waals surface area (Å²) in [6.07, 6.45) is 7.31. The van der Waals surface area contributed by atoms with E-state index >= 15 is 0 Å². The van der Waals surface area contributed by atoms with Gasteiger partial charge in [0.1, 0.15) is 11.5 Å². The summed E-state index contributed by atoms with van der Waals surface area (Å²) in [6, 6.07) is 6.58. The quantitative estimate of drug-likeness (QED) is 0.630. The summed E-state index contributed by atoms with van der Waals surface area (Å²) in [6.45, 7) is 5.11. The Hall–Kier alpha value is -3.33. The Kier molecular flexibility index (Phi) is 5.45. The molecule has 0 spiro atoms. The van der Waals surface area contributed by atoms with Crippen molar-refractivity contribution < 1.29 is 17.9 Å². The molecule has 0 saturated carbocycles. The van der Waals surface area contributed by atoms with Gasteiger partial charge in [0.05, 0.1) is 33.6 Å². The number of nitrogens with zero attached hydrogens (tertiary/aromatic N) is 4. The number of hydrogen-bond acceptors (Lipinski definition) is 8. The van der Waals surface area contributed by atoms with Gasteiger partial charge in [-0.3, -0.25) is 4.98 Å². The van der Waals surface area contributed by atoms with Gasteiger partial charge in [0.25, 0.3) is 5.89 Å². The molecule has 0 aliphatic heterocycles. The molecule has 160 valence electrons. The number of benzene rings is 1. The van der Waals surface area contributed by atoms with Crippen molar-refractivity contribution in [2.45, 2.75) is 43.3 Å². The van der Waals surface area contributed by atoms with E-state index < -0.39 is 15.1 Å². The third-order valence-electron chi connectivity index (χ3n) is 5.10. The van der Waals surface area contributed by atoms with Gasteiger partial charge in [0, 0.05) is 5.56 Å². The van der Waals surface area contributed by atoms with Crippen LogP contribution in [0.5, 0.6) is 0 Å². The first-order valence-corrected chi connectivity index (χ1v) is 11.4. The van der Waals surface area contributed by atoms with Crippen LogP contribution < -0.4 is 0 Å². The van der Waals surface area contributed by atoms with E-state index in [0.29, 0.717) is 29.4 Å². The van der Waals surface area contributed by atoms with Crippen molar-refractivity contribution in [2.75, 3.05) is 0 Å². The van der Waals surface area contributed by atoms with E-state index in [1.54, 1.807) is 63.4 Å². The molecule has 1 aliphatic carbocycles. The molecule has 1 N–H and O–H groups in total. The predicted molar refractivity (Wildman–Crippen MR) is 115 cm³/mol. The molecule has 9 heteroatoms. The number of aliphatic hydroxyl groups is 1. The van der Waals surface area contributed by atoms with Gasteiger partial charge < -0.3 is 9.52 Å². The van der Waals surface area contributed by atoms with Crippen molar-refractivity contribution in [1.29, 1.82) is 0 Å². The summed E-state index contributed by atoms with van der Waals surface area (Å²) in [5.41, 5.74) is 2.40. The molecule has 2 heterocycles. The number of aliphatic hydroxyl groups excluding tert-OH is 1. The van der Waals surface area contributed by atoms with Crippen LogP contribution in [-0.2, 0) is 9.84 Å². The Bertz CT molecular complexity index is 1280. The first-order valence-electron chi connectivity index (χ1n) is 9.85. The Morgan fingerprint density at radius 3 is 2.55 bits per heavy atom. The third kappa shape index (κ3) is 4.13. The first-order chi connectivity index (χ1) is 14.8. The molecule has 31 heavy (non-hydrogen) atoms. The monoisotopic (exact) mass is 438 g/mol. The lowest BCUT2D eigenvalue weighted by Crippen LogP contribution is -2.13. The lowest BCUT2D eigenvalue weighted by Gasteiger charge is -2.09. The zero-order valence-corrected chi connectivity index (χ0v) is 18.2. The molecule has 1 aromatic carbocycles. The lowest BCUT2D eigenvalue weighted by molar-refractivity contribution is 0.419. The largest absolute Gasteiger partial charge is 0.508 e. The van der Waals surface area contributed by atoms with Crippen LogP contribution in [0.25, 0.3) is 22.8 Å². The Labute approximate surface area is 180 Å². The minimum absolute atomic E-state index is 0.107. The molecular formula is C22H22N4O4S. The summed E-state index contributed by atoms with van der Waals surface area (Å²) < 4.78 is 30.5. The second-order valence-electron chi connectivity index (χ2n) is 7.58. The summed E-state index contributed by atoms with van der Waals surface area (Å²) >= 11 is 0. The van der Waals surface area contributed by atoms with Crippen LogP contribution in [0.2, 0.25) is 0 Å². The zero-order chi connectivity index (χ0) is 22.2. The van der Waals surface area contributed by atoms with Crippen molar-refractivity contribution in [3.05, 3.63) is 66.0 Å². The molecule has 2 aromatic heterocycles. The van der Waals surface area contributed by atoms with E-state index in [0.717, 1.165) is 5.56 Å². The lowest BCUT2D eigenvalue weighted by atomic mass is 10.0. The maximum absolute atomic E-state index is 12.3. The van der Waals surface area contributed by atoms with E-state index in [2.05, 4.69) is 20.2 Å². The van der Waals surface area contributed by atoms with Gasteiger partial charge in [-0.15, -0.1) is 10.2 Å². The number of rotatable bonds is 5. The number of sulfone groups is 1. The SMILES string of the molecule is Cc1ncc(-c2ccc(S(=O)(=O)C(C)C)cc2)nc1-c1nnc(C2C=CC(O)=CC2)o1. The topological polar surface area (TPSA) is 119 Å². The van der Waals surface area contributed by atoms with E-state index in [1.807, 2.05) is 6.08 Å². The fourth-order valence-corrected chi connectivity index (χ4v) is 4.21. The minimum atomic E-state index is -3.34. The molecule has 1 unspecified atom stereocenters. The highest BCUT2D eigenvalue weighted by Gasteiger charge is 2.22. The fraction of sp³-hybridized carbons (Fsp3) is 0.273. The number of aryl methyl sites for hydroxylation is 1. The van der Waals surface area contributed by atoms with Crippen molar-refractivity contribution in [3.8, 4) is 22.8 Å². The van der Waals surface area contributed by atoms with Crippen LogP contribution in [0.15, 0.2) is 63.8 Å². The van der Waals surface area contributed by atoms with E-state index in [4.69, 9.17) is 4.42 Å². The molecule has 0 amide bonds. The predicted octanol–water partition coefficient (Wildman–Crippen LogP) is 4.17. The molecular weight excluding hydrogens is 416 g/mol. The zero-order valence-electron chi connectivity index (χ0n) is 17.3. The average molecular weight is 439 g/mol. The highest BCUT2D eigenvalue weighted by molar-refractivity contribution is 7.92. The van der Waals surface area contributed by atoms with Crippen molar-refractivity contribution in [1.82, 2.24) is 20.2 Å². The van der Waals surface area contributed by atoms with Gasteiger partial charge in [-0.1, -0.05) is 18.2 Å². The Morgan fingerprint density at radius 1 is 1.16 bits per heavy atom. The number of hydrogen-bond donors (Lipinski definition) is 1. The fourth-order valence-electron chi connectivity index (χ4n) is 3.15. The molecule has 0 bridgehead atoms. The molecule has 0 saturated heterocycles. The van der Waals surface area contributed by atoms with Crippen LogP contribution >= 0.6 is 0 Å². The van der Waals surface area contributed by atoms with Gasteiger partial charge in [-0.2, -0.15) is 0 Å². The summed E-state index contributed by atoms with van der Waals surface area (Å²) in [4.78, 5) is 9.30. The van der Waals surface area contributed by atoms with Crippen LogP contribution in [0, 0.1) is 6.92 Å². The maximum atomic E-state index is 12.3. The maximum Gasteiger partial charge on any atom is 0.268 e. The average Bonchev–Trinajstić information content (AvgIpc) is 3.24. The molecule has 4 rings (SSSR count). The van der Waals surface area contributed by atoms with Crippen LogP contribution in [-0.4, -0.2) is 38.9 Å². The van der Waals surface area contributed by atoms with E-state index in [-0.39, 0.29) is 22.5 Å². The molecule has 0 fully saturated rings. The van der Waals surface area contributed by atoms with Crippen LogP contribution in [0.3, 0.4) is 0 Å². The van der Waals surface area contributed by atoms with E-state index in [9.17, 15) is 13.5 Å². The molecule has 3 aromatic rings. The summed E-state index contributed by atoms with van der Waals surface area (Å²) in [7, 11) is -3.34. The van der Waals surface area contributed by atoms with E-state index in [1.165, 1.54) is 0 Å². The number of allylic oxidation sites excluding steroid dienone is 3. The normalized spacial score (nSPS) is 16.5. The van der Waals surface area contributed by atoms with Gasteiger partial charge in [0.15, 0.2) is 9.84 Å². The van der Waals surface area contributed by atoms with Crippen LogP contribution in [0.4, 0.5) is 0 Å².